The van der Waals surface area contributed by atoms with E-state index >= 15 is 0 Å². The quantitative estimate of drug-likeness (QED) is 0.732. The topological polar surface area (TPSA) is 57.3 Å². The maximum Gasteiger partial charge on any atom is 0.322 e. The molecule has 1 saturated carbocycles. The van der Waals surface area contributed by atoms with Crippen molar-refractivity contribution in [1.82, 2.24) is 20.0 Å². The minimum absolute atomic E-state index is 0.207. The molecule has 0 bridgehead atoms. The average Bonchev–Trinajstić information content (AvgIpc) is 3.16. The standard InChI is InChI=1S/C25H38N4O3/c1-2-3-14-27-19-25(28-15-12-26-13-16-28,29(24(27)30)20-8-5-4-6-9-20)21-10-7-11-22-23(21)32-18-17-31-22/h7,10-11,20,26H,2-6,8-9,12-19H2,1H3. The number of fused-ring (bicyclic) bond motifs is 1. The van der Waals surface area contributed by atoms with Crippen LogP contribution in [0, 0.1) is 0 Å². The van der Waals surface area contributed by atoms with Gasteiger partial charge in [-0.1, -0.05) is 44.7 Å². The Bertz CT molecular complexity index is 806. The third-order valence-electron chi connectivity index (χ3n) is 7.65. The number of piperazine rings is 1. The van der Waals surface area contributed by atoms with Gasteiger partial charge < -0.3 is 19.7 Å². The van der Waals surface area contributed by atoms with Crippen LogP contribution in [-0.4, -0.2) is 79.3 Å². The number of unbranched alkanes of at least 4 members (excludes halogenated alkanes) is 1. The number of para-hydroxylation sites is 1. The lowest BCUT2D eigenvalue weighted by molar-refractivity contribution is -0.0487. The molecule has 3 heterocycles. The molecule has 1 atom stereocenters. The molecule has 2 amide bonds. The Kier molecular flexibility index (Phi) is 6.47. The highest BCUT2D eigenvalue weighted by Crippen LogP contribution is 2.49. The van der Waals surface area contributed by atoms with E-state index in [9.17, 15) is 4.79 Å². The van der Waals surface area contributed by atoms with Gasteiger partial charge in [-0.05, 0) is 25.3 Å². The van der Waals surface area contributed by atoms with Crippen molar-refractivity contribution in [2.75, 3.05) is 52.5 Å². The average molecular weight is 443 g/mol. The maximum atomic E-state index is 14.0. The summed E-state index contributed by atoms with van der Waals surface area (Å²) in [6, 6.07) is 6.74. The molecule has 32 heavy (non-hydrogen) atoms. The molecule has 2 saturated heterocycles. The van der Waals surface area contributed by atoms with E-state index in [1.54, 1.807) is 0 Å². The Hall–Kier alpha value is -1.99. The van der Waals surface area contributed by atoms with E-state index in [1.807, 2.05) is 6.07 Å². The van der Waals surface area contributed by atoms with E-state index in [1.165, 1.54) is 19.3 Å². The van der Waals surface area contributed by atoms with E-state index in [4.69, 9.17) is 9.47 Å². The summed E-state index contributed by atoms with van der Waals surface area (Å²) in [6.45, 7) is 8.56. The fraction of sp³-hybridized carbons (Fsp3) is 0.720. The van der Waals surface area contributed by atoms with Crippen molar-refractivity contribution < 1.29 is 14.3 Å². The van der Waals surface area contributed by atoms with Crippen LogP contribution in [0.2, 0.25) is 0 Å². The van der Waals surface area contributed by atoms with Gasteiger partial charge in [-0.15, -0.1) is 0 Å². The zero-order chi connectivity index (χ0) is 22.0. The number of benzene rings is 1. The van der Waals surface area contributed by atoms with Gasteiger partial charge in [0.25, 0.3) is 0 Å². The first-order valence-corrected chi connectivity index (χ1v) is 12.7. The minimum Gasteiger partial charge on any atom is -0.486 e. The highest BCUT2D eigenvalue weighted by atomic mass is 16.6. The van der Waals surface area contributed by atoms with Crippen LogP contribution in [0.3, 0.4) is 0 Å². The van der Waals surface area contributed by atoms with Crippen molar-refractivity contribution in [1.29, 1.82) is 0 Å². The molecular formula is C25H38N4O3. The van der Waals surface area contributed by atoms with Gasteiger partial charge in [0.15, 0.2) is 11.5 Å². The number of amides is 2. The molecule has 7 heteroatoms. The summed E-state index contributed by atoms with van der Waals surface area (Å²) in [7, 11) is 0. The van der Waals surface area contributed by atoms with Crippen LogP contribution < -0.4 is 14.8 Å². The lowest BCUT2D eigenvalue weighted by Gasteiger charge is -2.51. The van der Waals surface area contributed by atoms with Gasteiger partial charge in [0.05, 0.1) is 6.54 Å². The Morgan fingerprint density at radius 1 is 1.09 bits per heavy atom. The summed E-state index contributed by atoms with van der Waals surface area (Å²) in [4.78, 5) is 21.0. The fourth-order valence-electron chi connectivity index (χ4n) is 6.10. The maximum absolute atomic E-state index is 14.0. The fourth-order valence-corrected chi connectivity index (χ4v) is 6.10. The van der Waals surface area contributed by atoms with Gasteiger partial charge in [-0.3, -0.25) is 9.80 Å². The predicted octanol–water partition coefficient (Wildman–Crippen LogP) is 3.39. The van der Waals surface area contributed by atoms with E-state index < -0.39 is 5.66 Å². The Labute approximate surface area is 192 Å². The van der Waals surface area contributed by atoms with Crippen LogP contribution >= 0.6 is 0 Å². The van der Waals surface area contributed by atoms with E-state index in [2.05, 4.69) is 39.1 Å². The molecule has 5 rings (SSSR count). The van der Waals surface area contributed by atoms with Crippen LogP contribution in [0.1, 0.15) is 57.4 Å². The zero-order valence-corrected chi connectivity index (χ0v) is 19.5. The Morgan fingerprint density at radius 2 is 1.88 bits per heavy atom. The number of hydrogen-bond acceptors (Lipinski definition) is 5. The molecular weight excluding hydrogens is 404 g/mol. The van der Waals surface area contributed by atoms with Crippen molar-refractivity contribution >= 4 is 6.03 Å². The number of nitrogens with zero attached hydrogens (tertiary/aromatic N) is 3. The Morgan fingerprint density at radius 3 is 2.66 bits per heavy atom. The second-order valence-electron chi connectivity index (χ2n) is 9.60. The van der Waals surface area contributed by atoms with Crippen molar-refractivity contribution in [3.05, 3.63) is 23.8 Å². The Balaban J connectivity index is 1.65. The predicted molar refractivity (Wildman–Crippen MR) is 124 cm³/mol. The first-order chi connectivity index (χ1) is 15.8. The van der Waals surface area contributed by atoms with Crippen LogP contribution in [0.25, 0.3) is 0 Å². The number of nitrogens with one attached hydrogen (secondary N) is 1. The zero-order valence-electron chi connectivity index (χ0n) is 19.5. The third-order valence-corrected chi connectivity index (χ3v) is 7.65. The first-order valence-electron chi connectivity index (χ1n) is 12.7. The summed E-state index contributed by atoms with van der Waals surface area (Å²) in [5.74, 6) is 1.65. The summed E-state index contributed by atoms with van der Waals surface area (Å²) < 4.78 is 12.2. The van der Waals surface area contributed by atoms with Crippen molar-refractivity contribution in [3.63, 3.8) is 0 Å². The molecule has 1 N–H and O–H groups in total. The largest absolute Gasteiger partial charge is 0.486 e. The van der Waals surface area contributed by atoms with Crippen molar-refractivity contribution in [3.8, 4) is 11.5 Å². The van der Waals surface area contributed by atoms with Crippen LogP contribution in [-0.2, 0) is 5.66 Å². The van der Waals surface area contributed by atoms with Crippen LogP contribution in [0.5, 0.6) is 11.5 Å². The third kappa shape index (κ3) is 3.73. The number of ether oxygens (including phenoxy) is 2. The molecule has 1 aromatic carbocycles. The van der Waals surface area contributed by atoms with Crippen LogP contribution in [0.4, 0.5) is 4.79 Å². The molecule has 176 valence electrons. The molecule has 4 aliphatic rings. The van der Waals surface area contributed by atoms with Gasteiger partial charge >= 0.3 is 6.03 Å². The summed E-state index contributed by atoms with van der Waals surface area (Å²) in [5.41, 5.74) is 0.593. The molecule has 3 aliphatic heterocycles. The summed E-state index contributed by atoms with van der Waals surface area (Å²) in [6.07, 6.45) is 7.98. The molecule has 0 spiro atoms. The van der Waals surface area contributed by atoms with E-state index in [0.29, 0.717) is 19.8 Å². The number of carbonyl (C=O) groups excluding carboxylic acids is 1. The minimum atomic E-state index is -0.513. The summed E-state index contributed by atoms with van der Waals surface area (Å²) in [5, 5.41) is 3.51. The number of carbonyl (C=O) groups is 1. The second-order valence-corrected chi connectivity index (χ2v) is 9.60. The highest BCUT2D eigenvalue weighted by molar-refractivity contribution is 5.79. The molecule has 1 aromatic rings. The van der Waals surface area contributed by atoms with E-state index in [0.717, 1.165) is 75.5 Å². The van der Waals surface area contributed by atoms with Crippen molar-refractivity contribution in [2.45, 2.75) is 63.6 Å². The number of rotatable bonds is 6. The molecule has 0 radical (unpaired) electrons. The second kappa shape index (κ2) is 9.48. The van der Waals surface area contributed by atoms with Crippen LogP contribution in [0.15, 0.2) is 18.2 Å². The first kappa shape index (κ1) is 21.8. The lowest BCUT2D eigenvalue weighted by atomic mass is 9.88. The number of hydrogen-bond donors (Lipinski definition) is 1. The molecule has 7 nitrogen and oxygen atoms in total. The van der Waals surface area contributed by atoms with Gasteiger partial charge in [-0.2, -0.15) is 0 Å². The smallest absolute Gasteiger partial charge is 0.322 e. The lowest BCUT2D eigenvalue weighted by Crippen LogP contribution is -2.64. The summed E-state index contributed by atoms with van der Waals surface area (Å²) >= 11 is 0. The normalized spacial score (nSPS) is 27.2. The molecule has 1 aliphatic carbocycles. The van der Waals surface area contributed by atoms with Gasteiger partial charge in [-0.25, -0.2) is 4.79 Å². The molecule has 3 fully saturated rings. The van der Waals surface area contributed by atoms with Gasteiger partial charge in [0.2, 0.25) is 0 Å². The molecule has 1 unspecified atom stereocenters. The highest BCUT2D eigenvalue weighted by Gasteiger charge is 2.58. The van der Waals surface area contributed by atoms with Gasteiger partial charge in [0, 0.05) is 44.3 Å². The number of urea groups is 1. The van der Waals surface area contributed by atoms with Crippen molar-refractivity contribution in [2.24, 2.45) is 0 Å². The van der Waals surface area contributed by atoms with Gasteiger partial charge in [0.1, 0.15) is 18.9 Å². The SMILES string of the molecule is CCCCN1CC(c2cccc3c2OCCO3)(N2CCNCC2)N(C2CCCCC2)C1=O. The molecule has 0 aromatic heterocycles. The monoisotopic (exact) mass is 442 g/mol. The van der Waals surface area contributed by atoms with E-state index in [-0.39, 0.29) is 12.1 Å².